The van der Waals surface area contributed by atoms with Crippen molar-refractivity contribution >= 4 is 0 Å². The van der Waals surface area contributed by atoms with Crippen molar-refractivity contribution in [3.8, 4) is 0 Å². The van der Waals surface area contributed by atoms with E-state index in [1.165, 1.54) is 12.2 Å². The van der Waals surface area contributed by atoms with E-state index < -0.39 is 0 Å². The molecule has 0 amide bonds. The molecule has 1 nitrogen and oxygen atoms in total. The maximum atomic E-state index is 5.20. The van der Waals surface area contributed by atoms with Crippen LogP contribution in [0.1, 0.15) is 0 Å². The molecule has 41 valence electrons. The maximum Gasteiger partial charge on any atom is 0 e. The van der Waals surface area contributed by atoms with Crippen molar-refractivity contribution in [3.05, 3.63) is 37.1 Å². The normalized spacial score (nSPS) is 9.25. The molecule has 0 aliphatic heterocycles. The van der Waals surface area contributed by atoms with Crippen LogP contribution >= 0.6 is 0 Å². The van der Waals surface area contributed by atoms with Crippen molar-refractivity contribution in [1.82, 2.24) is 0 Å². The van der Waals surface area contributed by atoms with Gasteiger partial charge in [-0.2, -0.15) is 25.3 Å². The van der Waals surface area contributed by atoms with E-state index >= 15 is 0 Å². The summed E-state index contributed by atoms with van der Waals surface area (Å²) in [5.74, 6) is 0. The summed E-state index contributed by atoms with van der Waals surface area (Å²) in [5, 5.41) is 0. The Morgan fingerprint density at radius 3 is 2.12 bits per heavy atom. The Hall–Kier alpha value is 0.124. The van der Waals surface area contributed by atoms with Gasteiger partial charge in [0, 0.05) is 32.7 Å². The quantitative estimate of drug-likeness (QED) is 0.501. The molecule has 0 aromatic carbocycles. The summed E-state index contributed by atoms with van der Waals surface area (Å²) >= 11 is 0. The van der Waals surface area contributed by atoms with Crippen molar-refractivity contribution in [3.63, 3.8) is 0 Å². The Balaban J connectivity index is 0. The number of allylic oxidation sites excluding steroid dienone is 3. The van der Waals surface area contributed by atoms with Gasteiger partial charge in [-0.05, 0) is 0 Å². The first-order valence-electron chi connectivity index (χ1n) is 1.93. The molecule has 0 spiro atoms. The zero-order valence-electron chi connectivity index (χ0n) is 4.72. The number of rotatable bonds is 2. The summed E-state index contributed by atoms with van der Waals surface area (Å²) in [7, 11) is 0. The Labute approximate surface area is 75.2 Å². The molecule has 0 heterocycles. The second-order valence-electron chi connectivity index (χ2n) is 1.01. The summed E-state index contributed by atoms with van der Waals surface area (Å²) in [6.07, 6.45) is 5.65. The van der Waals surface area contributed by atoms with Crippen LogP contribution in [-0.2, 0) is 32.7 Å². The van der Waals surface area contributed by atoms with Gasteiger partial charge in [-0.1, -0.05) is 5.70 Å². The molecule has 0 saturated heterocycles. The Morgan fingerprint density at radius 1 is 1.50 bits per heavy atom. The number of nitrogens with two attached hydrogens (primary N) is 1. The Bertz CT molecular complexity index is 105. The number of hydrogen-bond donors (Lipinski definition) is 1. The van der Waals surface area contributed by atoms with Crippen molar-refractivity contribution in [2.45, 2.75) is 0 Å². The zero-order valence-corrected chi connectivity index (χ0v) is 7.56. The molecule has 0 fully saturated rings. The largest absolute Gasteiger partial charge is 0.420 e. The molecule has 0 unspecified atom stereocenters. The van der Waals surface area contributed by atoms with E-state index in [0.29, 0.717) is 5.70 Å². The molecule has 2 N–H and O–H groups in total. The third-order valence-corrected chi connectivity index (χ3v) is 0.489. The van der Waals surface area contributed by atoms with E-state index in [9.17, 15) is 0 Å². The van der Waals surface area contributed by atoms with Crippen molar-refractivity contribution in [2.24, 2.45) is 5.73 Å². The summed E-state index contributed by atoms with van der Waals surface area (Å²) in [6, 6.07) is 0. The monoisotopic (exact) mass is 183 g/mol. The van der Waals surface area contributed by atoms with Crippen LogP contribution in [0.2, 0.25) is 0 Å². The van der Waals surface area contributed by atoms with E-state index in [0.717, 1.165) is 0 Å². The van der Waals surface area contributed by atoms with Gasteiger partial charge in [0.25, 0.3) is 0 Å². The minimum absolute atomic E-state index is 0. The molecule has 0 aromatic heterocycles. The van der Waals surface area contributed by atoms with Gasteiger partial charge in [0.05, 0.1) is 0 Å². The van der Waals surface area contributed by atoms with Gasteiger partial charge in [0.2, 0.25) is 0 Å². The van der Waals surface area contributed by atoms with Gasteiger partial charge < -0.3 is 5.73 Å². The van der Waals surface area contributed by atoms with Crippen LogP contribution in [-0.4, -0.2) is 0 Å². The predicted octanol–water partition coefficient (Wildman–Crippen LogP) is 1.00. The SMILES string of the molecule is C=C[C-]=C(N)C=C.[Y]. The molecular formula is C6H8NY-. The molecule has 1 radical (unpaired) electrons. The van der Waals surface area contributed by atoms with Crippen LogP contribution in [0, 0.1) is 6.08 Å². The van der Waals surface area contributed by atoms with E-state index in [1.807, 2.05) is 0 Å². The molecule has 8 heavy (non-hydrogen) atoms. The topological polar surface area (TPSA) is 26.0 Å². The first-order valence-corrected chi connectivity index (χ1v) is 1.93. The average Bonchev–Trinajstić information content (AvgIpc) is 1.68. The number of hydrogen-bond acceptors (Lipinski definition) is 1. The minimum Gasteiger partial charge on any atom is -0.420 e. The first kappa shape index (κ1) is 11.0. The smallest absolute Gasteiger partial charge is 0 e. The van der Waals surface area contributed by atoms with E-state index in [1.54, 1.807) is 0 Å². The van der Waals surface area contributed by atoms with Crippen LogP contribution in [0.15, 0.2) is 31.0 Å². The summed E-state index contributed by atoms with van der Waals surface area (Å²) in [5.41, 5.74) is 5.72. The minimum atomic E-state index is 0. The third kappa shape index (κ3) is 6.12. The summed E-state index contributed by atoms with van der Waals surface area (Å²) in [6.45, 7) is 6.80. The van der Waals surface area contributed by atoms with Gasteiger partial charge in [-0.3, -0.25) is 0 Å². The predicted molar refractivity (Wildman–Crippen MR) is 31.3 cm³/mol. The van der Waals surface area contributed by atoms with Gasteiger partial charge in [0.1, 0.15) is 0 Å². The Kier molecular flexibility index (Phi) is 9.79. The summed E-state index contributed by atoms with van der Waals surface area (Å²) in [4.78, 5) is 0. The third-order valence-electron chi connectivity index (χ3n) is 0.489. The van der Waals surface area contributed by atoms with Crippen LogP contribution in [0.25, 0.3) is 0 Å². The zero-order chi connectivity index (χ0) is 5.70. The molecule has 0 atom stereocenters. The van der Waals surface area contributed by atoms with E-state index in [-0.39, 0.29) is 32.7 Å². The molecule has 0 aliphatic rings. The van der Waals surface area contributed by atoms with Gasteiger partial charge in [0.15, 0.2) is 0 Å². The standard InChI is InChI=1S/C6H8N.Y/c1-3-5-6(7)4-2;/h3-4H,1-2,7H2;/q-1;. The Morgan fingerprint density at radius 2 is 2.00 bits per heavy atom. The van der Waals surface area contributed by atoms with Gasteiger partial charge in [-0.25, -0.2) is 0 Å². The van der Waals surface area contributed by atoms with Crippen LogP contribution < -0.4 is 5.73 Å². The van der Waals surface area contributed by atoms with Gasteiger partial charge in [-0.15, -0.1) is 6.08 Å². The van der Waals surface area contributed by atoms with Crippen molar-refractivity contribution in [2.75, 3.05) is 0 Å². The van der Waals surface area contributed by atoms with Crippen molar-refractivity contribution in [1.29, 1.82) is 0 Å². The van der Waals surface area contributed by atoms with E-state index in [2.05, 4.69) is 19.2 Å². The second kappa shape index (κ2) is 7.12. The molecule has 0 bridgehead atoms. The molecule has 2 heteroatoms. The molecule has 0 saturated carbocycles. The average molecular weight is 183 g/mol. The van der Waals surface area contributed by atoms with Crippen LogP contribution in [0.3, 0.4) is 0 Å². The maximum absolute atomic E-state index is 5.20. The van der Waals surface area contributed by atoms with Crippen LogP contribution in [0.4, 0.5) is 0 Å². The fourth-order valence-electron chi connectivity index (χ4n) is 0.177. The molecular weight excluding hydrogens is 175 g/mol. The van der Waals surface area contributed by atoms with Crippen molar-refractivity contribution < 1.29 is 32.7 Å². The van der Waals surface area contributed by atoms with E-state index in [4.69, 9.17) is 5.73 Å². The molecule has 0 aromatic rings. The fraction of sp³-hybridized carbons (Fsp3) is 0. The fourth-order valence-corrected chi connectivity index (χ4v) is 0.177. The molecule has 0 rings (SSSR count). The summed E-state index contributed by atoms with van der Waals surface area (Å²) < 4.78 is 0. The molecule has 0 aliphatic carbocycles. The van der Waals surface area contributed by atoms with Gasteiger partial charge >= 0.3 is 0 Å². The van der Waals surface area contributed by atoms with Crippen LogP contribution in [0.5, 0.6) is 0 Å². The second-order valence-corrected chi connectivity index (χ2v) is 1.01. The first-order chi connectivity index (χ1) is 3.31.